The summed E-state index contributed by atoms with van der Waals surface area (Å²) in [4.78, 5) is 25.2. The van der Waals surface area contributed by atoms with Gasteiger partial charge in [0.1, 0.15) is 0 Å². The number of carboxylic acids is 1. The van der Waals surface area contributed by atoms with Crippen molar-refractivity contribution in [2.75, 3.05) is 11.4 Å². The first-order valence-electron chi connectivity index (χ1n) is 6.94. The summed E-state index contributed by atoms with van der Waals surface area (Å²) in [6.07, 6.45) is 6.40. The molecule has 0 fully saturated rings. The number of rotatable bonds is 3. The van der Waals surface area contributed by atoms with Gasteiger partial charge in [-0.15, -0.1) is 6.42 Å². The number of anilines is 1. The molecular weight excluding hydrogens is 268 g/mol. The summed E-state index contributed by atoms with van der Waals surface area (Å²) in [6.45, 7) is 2.26. The number of para-hydroxylation sites is 1. The Kier molecular flexibility index (Phi) is 4.49. The zero-order chi connectivity index (χ0) is 15.4. The van der Waals surface area contributed by atoms with E-state index in [9.17, 15) is 14.7 Å². The highest BCUT2D eigenvalue weighted by atomic mass is 16.4. The van der Waals surface area contributed by atoms with Gasteiger partial charge in [-0.2, -0.15) is 0 Å². The smallest absolute Gasteiger partial charge is 0.322 e. The number of nitrogens with zero attached hydrogens (tertiary/aromatic N) is 1. The van der Waals surface area contributed by atoms with E-state index in [-0.39, 0.29) is 12.1 Å². The number of hydrogen-bond donors (Lipinski definition) is 2. The van der Waals surface area contributed by atoms with Crippen LogP contribution in [0.5, 0.6) is 0 Å². The lowest BCUT2D eigenvalue weighted by molar-refractivity contribution is -0.139. The first-order chi connectivity index (χ1) is 10.1. The standard InChI is InChI=1S/C16H18N2O3/c1-3-11(4-2)17-16(21)18-10-9-13(15(19)20)12-7-5-6-8-14(12)18/h1,5-8,11,13H,4,9-10H2,2H3,(H,17,21)(H,19,20). The van der Waals surface area contributed by atoms with Crippen LogP contribution in [-0.4, -0.2) is 29.7 Å². The maximum absolute atomic E-state index is 12.3. The summed E-state index contributed by atoms with van der Waals surface area (Å²) in [6, 6.07) is 6.50. The number of hydrogen-bond acceptors (Lipinski definition) is 2. The van der Waals surface area contributed by atoms with Crippen molar-refractivity contribution in [2.45, 2.75) is 31.7 Å². The van der Waals surface area contributed by atoms with Gasteiger partial charge in [0.05, 0.1) is 12.0 Å². The van der Waals surface area contributed by atoms with Crippen molar-refractivity contribution in [1.82, 2.24) is 5.32 Å². The fourth-order valence-corrected chi connectivity index (χ4v) is 2.52. The average molecular weight is 286 g/mol. The number of carbonyl (C=O) groups is 2. The van der Waals surface area contributed by atoms with Gasteiger partial charge in [-0.05, 0) is 24.5 Å². The maximum Gasteiger partial charge on any atom is 0.322 e. The number of benzene rings is 1. The molecule has 5 heteroatoms. The maximum atomic E-state index is 12.3. The van der Waals surface area contributed by atoms with E-state index in [4.69, 9.17) is 6.42 Å². The molecule has 2 atom stereocenters. The molecule has 1 aromatic rings. The van der Waals surface area contributed by atoms with Crippen LogP contribution in [-0.2, 0) is 4.79 Å². The predicted octanol–water partition coefficient (Wildman–Crippen LogP) is 2.19. The van der Waals surface area contributed by atoms with Gasteiger partial charge in [-0.25, -0.2) is 4.79 Å². The van der Waals surface area contributed by atoms with Crippen LogP contribution in [0.2, 0.25) is 0 Å². The van der Waals surface area contributed by atoms with E-state index in [1.807, 2.05) is 6.92 Å². The minimum absolute atomic E-state index is 0.281. The van der Waals surface area contributed by atoms with E-state index in [2.05, 4.69) is 11.2 Å². The van der Waals surface area contributed by atoms with Crippen LogP contribution in [0.4, 0.5) is 10.5 Å². The van der Waals surface area contributed by atoms with E-state index in [1.165, 1.54) is 0 Å². The van der Waals surface area contributed by atoms with E-state index in [0.29, 0.717) is 30.6 Å². The molecule has 21 heavy (non-hydrogen) atoms. The molecule has 0 aliphatic carbocycles. The fourth-order valence-electron chi connectivity index (χ4n) is 2.52. The third kappa shape index (κ3) is 3.00. The minimum Gasteiger partial charge on any atom is -0.481 e. The number of fused-ring (bicyclic) bond motifs is 1. The molecule has 2 rings (SSSR count). The Labute approximate surface area is 124 Å². The van der Waals surface area contributed by atoms with E-state index < -0.39 is 11.9 Å². The van der Waals surface area contributed by atoms with E-state index in [0.717, 1.165) is 0 Å². The normalized spacial score (nSPS) is 18.3. The van der Waals surface area contributed by atoms with Crippen molar-refractivity contribution in [2.24, 2.45) is 0 Å². The highest BCUT2D eigenvalue weighted by Crippen LogP contribution is 2.35. The van der Waals surface area contributed by atoms with Gasteiger partial charge in [0, 0.05) is 12.2 Å². The third-order valence-corrected chi connectivity index (χ3v) is 3.69. The Morgan fingerprint density at radius 3 is 2.86 bits per heavy atom. The molecule has 1 heterocycles. The second-order valence-electron chi connectivity index (χ2n) is 4.97. The molecule has 0 aromatic heterocycles. The molecule has 0 bridgehead atoms. The first-order valence-corrected chi connectivity index (χ1v) is 6.94. The molecule has 0 radical (unpaired) electrons. The average Bonchev–Trinajstić information content (AvgIpc) is 2.51. The molecule has 2 unspecified atom stereocenters. The van der Waals surface area contributed by atoms with Gasteiger partial charge in [0.25, 0.3) is 0 Å². The zero-order valence-electron chi connectivity index (χ0n) is 11.9. The Balaban J connectivity index is 2.27. The number of aliphatic carboxylic acids is 1. The SMILES string of the molecule is C#CC(CC)NC(=O)N1CCC(C(=O)O)c2ccccc21. The van der Waals surface area contributed by atoms with Crippen LogP contribution in [0.1, 0.15) is 31.2 Å². The van der Waals surface area contributed by atoms with Crippen LogP contribution in [0.15, 0.2) is 24.3 Å². The van der Waals surface area contributed by atoms with Crippen molar-refractivity contribution in [3.63, 3.8) is 0 Å². The molecule has 1 aromatic carbocycles. The number of amides is 2. The Morgan fingerprint density at radius 1 is 1.52 bits per heavy atom. The molecule has 2 amide bonds. The lowest BCUT2D eigenvalue weighted by Crippen LogP contribution is -2.47. The molecule has 1 aliphatic heterocycles. The Bertz CT molecular complexity index is 591. The molecule has 0 saturated heterocycles. The largest absolute Gasteiger partial charge is 0.481 e. The number of carbonyl (C=O) groups excluding carboxylic acids is 1. The van der Waals surface area contributed by atoms with Gasteiger partial charge in [0.2, 0.25) is 0 Å². The second kappa shape index (κ2) is 6.31. The minimum atomic E-state index is -0.863. The molecule has 5 nitrogen and oxygen atoms in total. The molecule has 1 aliphatic rings. The molecule has 2 N–H and O–H groups in total. The van der Waals surface area contributed by atoms with E-state index in [1.54, 1.807) is 29.2 Å². The quantitative estimate of drug-likeness (QED) is 0.837. The highest BCUT2D eigenvalue weighted by molar-refractivity contribution is 5.95. The van der Waals surface area contributed by atoms with Crippen LogP contribution >= 0.6 is 0 Å². The Hall–Kier alpha value is -2.48. The van der Waals surface area contributed by atoms with Crippen molar-refractivity contribution in [3.05, 3.63) is 29.8 Å². The van der Waals surface area contributed by atoms with Gasteiger partial charge in [-0.3, -0.25) is 9.69 Å². The lowest BCUT2D eigenvalue weighted by Gasteiger charge is -2.33. The summed E-state index contributed by atoms with van der Waals surface area (Å²) in [5, 5.41) is 12.1. The number of nitrogens with one attached hydrogen (secondary N) is 1. The van der Waals surface area contributed by atoms with Crippen molar-refractivity contribution in [1.29, 1.82) is 0 Å². The highest BCUT2D eigenvalue weighted by Gasteiger charge is 2.32. The second-order valence-corrected chi connectivity index (χ2v) is 4.97. The fraction of sp³-hybridized carbons (Fsp3) is 0.375. The summed E-state index contributed by atoms with van der Waals surface area (Å²) >= 11 is 0. The summed E-state index contributed by atoms with van der Waals surface area (Å²) in [5.74, 6) is 1.09. The van der Waals surface area contributed by atoms with Gasteiger partial charge in [-0.1, -0.05) is 31.0 Å². The Morgan fingerprint density at radius 2 is 2.24 bits per heavy atom. The van der Waals surface area contributed by atoms with Gasteiger partial charge < -0.3 is 10.4 Å². The van der Waals surface area contributed by atoms with E-state index >= 15 is 0 Å². The van der Waals surface area contributed by atoms with Crippen molar-refractivity contribution >= 4 is 17.7 Å². The number of carboxylic acid groups (broad SMARTS) is 1. The molecule has 110 valence electrons. The summed E-state index contributed by atoms with van der Waals surface area (Å²) in [7, 11) is 0. The van der Waals surface area contributed by atoms with Crippen LogP contribution in [0.3, 0.4) is 0 Å². The summed E-state index contributed by atoms with van der Waals surface area (Å²) < 4.78 is 0. The van der Waals surface area contributed by atoms with Gasteiger partial charge in [0.15, 0.2) is 0 Å². The lowest BCUT2D eigenvalue weighted by atomic mass is 9.90. The van der Waals surface area contributed by atoms with Crippen molar-refractivity contribution in [3.8, 4) is 12.3 Å². The number of terminal acetylenes is 1. The van der Waals surface area contributed by atoms with Crippen LogP contribution in [0.25, 0.3) is 0 Å². The van der Waals surface area contributed by atoms with Crippen LogP contribution < -0.4 is 10.2 Å². The molecule has 0 spiro atoms. The topological polar surface area (TPSA) is 69.6 Å². The molecule has 0 saturated carbocycles. The number of urea groups is 1. The molecular formula is C16H18N2O3. The van der Waals surface area contributed by atoms with Gasteiger partial charge >= 0.3 is 12.0 Å². The predicted molar refractivity (Wildman–Crippen MR) is 80.2 cm³/mol. The monoisotopic (exact) mass is 286 g/mol. The van der Waals surface area contributed by atoms with Crippen molar-refractivity contribution < 1.29 is 14.7 Å². The zero-order valence-corrected chi connectivity index (χ0v) is 11.9. The third-order valence-electron chi connectivity index (χ3n) is 3.69. The summed E-state index contributed by atoms with van der Waals surface area (Å²) in [5.41, 5.74) is 1.31. The van der Waals surface area contributed by atoms with Crippen LogP contribution in [0, 0.1) is 12.3 Å². The first kappa shape index (κ1) is 14.9.